The SMILES string of the molecule is CC(C)CC1CCOC2C(CNC2C(=O)N[C@@H]2C/C=C\C[C@H](CN)S[C@H]3O[C@H]2[C@H](O)[C@H](O)[C@H]3O)C1.Cl. The molecule has 0 aromatic heterocycles. The van der Waals surface area contributed by atoms with Gasteiger partial charge in [-0.2, -0.15) is 0 Å². The number of aliphatic hydroxyl groups excluding tert-OH is 3. The van der Waals surface area contributed by atoms with Crippen LogP contribution in [-0.2, 0) is 14.3 Å². The standard InChI is InChI=1S/C25H43N3O6S.ClH/c1-13(2)9-14-7-8-33-22-15(10-14)12-27-18(22)24(32)28-17-6-4-3-5-16(11-26)35-25-21(31)19(29)20(30)23(17)34-25;/h3-4,13-23,25,27,29-31H,5-12,26H2,1-2H3,(H,28,32);1H/b4-3-;/t14?,15?,16-,17-,18?,19+,20-,21-,22?,23-,25-;/m1./s1. The number of aliphatic hydroxyl groups is 3. The van der Waals surface area contributed by atoms with Crippen molar-refractivity contribution in [3.8, 4) is 0 Å². The minimum absolute atomic E-state index is 0. The number of hydrogen-bond acceptors (Lipinski definition) is 9. The Hall–Kier alpha value is -0.430. The van der Waals surface area contributed by atoms with Crippen molar-refractivity contribution in [2.75, 3.05) is 19.7 Å². The predicted octanol–water partition coefficient (Wildman–Crippen LogP) is 0.540. The van der Waals surface area contributed by atoms with E-state index in [1.807, 2.05) is 12.2 Å². The zero-order chi connectivity index (χ0) is 25.1. The monoisotopic (exact) mass is 549 g/mol. The van der Waals surface area contributed by atoms with Crippen LogP contribution in [-0.4, -0.2) is 94.2 Å². The average molecular weight is 550 g/mol. The van der Waals surface area contributed by atoms with Crippen LogP contribution in [0.4, 0.5) is 0 Å². The van der Waals surface area contributed by atoms with E-state index in [-0.39, 0.29) is 29.7 Å². The molecule has 0 aliphatic carbocycles. The Morgan fingerprint density at radius 1 is 1.17 bits per heavy atom. The molecule has 11 heteroatoms. The highest BCUT2D eigenvalue weighted by Crippen LogP contribution is 2.36. The van der Waals surface area contributed by atoms with E-state index in [1.165, 1.54) is 18.2 Å². The van der Waals surface area contributed by atoms with Crippen molar-refractivity contribution in [3.63, 3.8) is 0 Å². The molecule has 4 rings (SSSR count). The van der Waals surface area contributed by atoms with Crippen molar-refractivity contribution in [1.29, 1.82) is 0 Å². The zero-order valence-corrected chi connectivity index (χ0v) is 22.8. The Morgan fingerprint density at radius 3 is 2.64 bits per heavy atom. The number of nitrogens with two attached hydrogens (primary N) is 1. The highest BCUT2D eigenvalue weighted by molar-refractivity contribution is 8.00. The number of ether oxygens (including phenoxy) is 2. The van der Waals surface area contributed by atoms with Crippen LogP contribution in [0.5, 0.6) is 0 Å². The molecule has 0 saturated carbocycles. The number of carbonyl (C=O) groups is 1. The Kier molecular flexibility index (Phi) is 11.4. The average Bonchev–Trinajstić information content (AvgIpc) is 3.11. The van der Waals surface area contributed by atoms with E-state index in [0.717, 1.165) is 19.4 Å². The Labute approximate surface area is 224 Å². The second-order valence-corrected chi connectivity index (χ2v) is 12.4. The maximum absolute atomic E-state index is 13.5. The lowest BCUT2D eigenvalue weighted by Crippen LogP contribution is -2.64. The molecule has 0 radical (unpaired) electrons. The van der Waals surface area contributed by atoms with Crippen LogP contribution in [0.15, 0.2) is 12.2 Å². The fraction of sp³-hybridized carbons (Fsp3) is 0.880. The number of halogens is 1. The summed E-state index contributed by atoms with van der Waals surface area (Å²) in [6, 6.07) is -1.03. The van der Waals surface area contributed by atoms with Gasteiger partial charge in [0.1, 0.15) is 35.9 Å². The van der Waals surface area contributed by atoms with Gasteiger partial charge in [0.25, 0.3) is 0 Å². The predicted molar refractivity (Wildman–Crippen MR) is 142 cm³/mol. The highest BCUT2D eigenvalue weighted by Gasteiger charge is 2.49. The quantitative estimate of drug-likeness (QED) is 0.270. The largest absolute Gasteiger partial charge is 0.388 e. The van der Waals surface area contributed by atoms with E-state index in [1.54, 1.807) is 0 Å². The van der Waals surface area contributed by atoms with Gasteiger partial charge in [-0.1, -0.05) is 26.0 Å². The molecule has 208 valence electrons. The van der Waals surface area contributed by atoms with E-state index in [0.29, 0.717) is 43.7 Å². The van der Waals surface area contributed by atoms with E-state index in [2.05, 4.69) is 24.5 Å². The maximum atomic E-state index is 13.5. The summed E-state index contributed by atoms with van der Waals surface area (Å²) in [7, 11) is 0. The molecule has 3 saturated heterocycles. The topological polar surface area (TPSA) is 146 Å². The number of thioether (sulfide) groups is 1. The van der Waals surface area contributed by atoms with Gasteiger partial charge in [0.05, 0.1) is 12.1 Å². The van der Waals surface area contributed by atoms with Crippen molar-refractivity contribution in [1.82, 2.24) is 10.6 Å². The second-order valence-electron chi connectivity index (χ2n) is 11.0. The van der Waals surface area contributed by atoms with Crippen molar-refractivity contribution in [2.24, 2.45) is 23.5 Å². The van der Waals surface area contributed by atoms with Crippen LogP contribution < -0.4 is 16.4 Å². The molecule has 4 aliphatic rings. The number of amides is 1. The Bertz CT molecular complexity index is 749. The summed E-state index contributed by atoms with van der Waals surface area (Å²) in [5.74, 6) is 1.37. The summed E-state index contributed by atoms with van der Waals surface area (Å²) in [6.45, 7) is 6.30. The van der Waals surface area contributed by atoms with E-state index in [9.17, 15) is 20.1 Å². The normalized spacial score (nSPS) is 44.1. The van der Waals surface area contributed by atoms with E-state index >= 15 is 0 Å². The van der Waals surface area contributed by atoms with Gasteiger partial charge in [0.2, 0.25) is 5.91 Å². The van der Waals surface area contributed by atoms with Crippen LogP contribution in [0, 0.1) is 17.8 Å². The summed E-state index contributed by atoms with van der Waals surface area (Å²) in [5, 5.41) is 38.3. The van der Waals surface area contributed by atoms with Gasteiger partial charge < -0.3 is 41.2 Å². The number of allylic oxidation sites excluding steroid dienone is 1. The van der Waals surface area contributed by atoms with Gasteiger partial charge in [-0.25, -0.2) is 0 Å². The molecule has 0 aromatic rings. The molecular weight excluding hydrogens is 506 g/mol. The summed E-state index contributed by atoms with van der Waals surface area (Å²) in [6.07, 6.45) is 3.39. The minimum Gasteiger partial charge on any atom is -0.388 e. The molecule has 0 spiro atoms. The first-order valence-electron chi connectivity index (χ1n) is 13.1. The number of hydrogen-bond donors (Lipinski definition) is 6. The number of fused-ring (bicyclic) bond motifs is 3. The first-order chi connectivity index (χ1) is 16.8. The highest BCUT2D eigenvalue weighted by atomic mass is 35.5. The van der Waals surface area contributed by atoms with Crippen molar-refractivity contribution >= 4 is 30.1 Å². The van der Waals surface area contributed by atoms with Gasteiger partial charge in [-0.05, 0) is 49.9 Å². The van der Waals surface area contributed by atoms with Crippen LogP contribution >= 0.6 is 24.2 Å². The van der Waals surface area contributed by atoms with Crippen LogP contribution in [0.1, 0.15) is 46.0 Å². The third-order valence-corrected chi connectivity index (χ3v) is 9.26. The summed E-state index contributed by atoms with van der Waals surface area (Å²) >= 11 is 1.36. The number of nitrogens with one attached hydrogen (secondary N) is 2. The summed E-state index contributed by atoms with van der Waals surface area (Å²) in [4.78, 5) is 13.5. The first kappa shape index (κ1) is 30.1. The lowest BCUT2D eigenvalue weighted by molar-refractivity contribution is -0.205. The third kappa shape index (κ3) is 6.95. The Morgan fingerprint density at radius 2 is 1.92 bits per heavy atom. The first-order valence-corrected chi connectivity index (χ1v) is 14.1. The van der Waals surface area contributed by atoms with Gasteiger partial charge in [0.15, 0.2) is 0 Å². The smallest absolute Gasteiger partial charge is 0.240 e. The fourth-order valence-corrected chi connectivity index (χ4v) is 7.25. The molecule has 4 aliphatic heterocycles. The lowest BCUT2D eigenvalue weighted by Gasteiger charge is -2.44. The zero-order valence-electron chi connectivity index (χ0n) is 21.2. The van der Waals surface area contributed by atoms with Crippen molar-refractivity contribution < 1.29 is 29.6 Å². The molecule has 1 amide bonds. The number of carbonyl (C=O) groups excluding carboxylic acids is 1. The van der Waals surface area contributed by atoms with Gasteiger partial charge >= 0.3 is 0 Å². The van der Waals surface area contributed by atoms with Crippen molar-refractivity contribution in [2.45, 2.75) is 99.2 Å². The summed E-state index contributed by atoms with van der Waals surface area (Å²) in [5.41, 5.74) is 5.13. The molecule has 9 nitrogen and oxygen atoms in total. The molecule has 11 atom stereocenters. The van der Waals surface area contributed by atoms with E-state index in [4.69, 9.17) is 15.2 Å². The van der Waals surface area contributed by atoms with Crippen LogP contribution in [0.3, 0.4) is 0 Å². The second kappa shape index (κ2) is 13.6. The van der Waals surface area contributed by atoms with Crippen LogP contribution in [0.25, 0.3) is 0 Å². The lowest BCUT2D eigenvalue weighted by atomic mass is 9.85. The molecular formula is C25H44ClN3O6S. The molecule has 3 fully saturated rings. The maximum Gasteiger partial charge on any atom is 0.240 e. The Balaban J connectivity index is 0.00000361. The summed E-state index contributed by atoms with van der Waals surface area (Å²) < 4.78 is 12.3. The fourth-order valence-electron chi connectivity index (χ4n) is 6.03. The van der Waals surface area contributed by atoms with Gasteiger partial charge in [0, 0.05) is 24.9 Å². The molecule has 4 heterocycles. The van der Waals surface area contributed by atoms with Gasteiger partial charge in [-0.3, -0.25) is 4.79 Å². The van der Waals surface area contributed by atoms with E-state index < -0.39 is 41.9 Å². The molecule has 0 aromatic carbocycles. The number of rotatable bonds is 5. The van der Waals surface area contributed by atoms with Crippen LogP contribution in [0.2, 0.25) is 0 Å². The van der Waals surface area contributed by atoms with Gasteiger partial charge in [-0.15, -0.1) is 24.2 Å². The molecule has 2 bridgehead atoms. The molecule has 7 N–H and O–H groups in total. The minimum atomic E-state index is -1.37. The molecule has 4 unspecified atom stereocenters. The third-order valence-electron chi connectivity index (χ3n) is 7.83. The molecule has 36 heavy (non-hydrogen) atoms. The van der Waals surface area contributed by atoms with Crippen molar-refractivity contribution in [3.05, 3.63) is 12.2 Å².